The summed E-state index contributed by atoms with van der Waals surface area (Å²) < 4.78 is 44.2. The molecule has 6 rings (SSSR count). The number of morpholine rings is 1. The molecule has 0 aliphatic carbocycles. The smallest absolute Gasteiger partial charge is 0.379 e. The van der Waals surface area contributed by atoms with E-state index in [1.807, 2.05) is 24.3 Å². The van der Waals surface area contributed by atoms with E-state index in [9.17, 15) is 18.0 Å². The van der Waals surface area contributed by atoms with Crippen LogP contribution in [0, 0.1) is 0 Å². The van der Waals surface area contributed by atoms with Crippen LogP contribution in [0.5, 0.6) is 0 Å². The number of nitrogens with zero attached hydrogens (tertiary/aromatic N) is 4. The number of fused-ring (bicyclic) bond motifs is 1. The molecule has 3 aromatic heterocycles. The zero-order valence-electron chi connectivity index (χ0n) is 20.4. The fourth-order valence-corrected chi connectivity index (χ4v) is 5.22. The Balaban J connectivity index is 1.28. The second-order valence-corrected chi connectivity index (χ2v) is 9.96. The molecule has 3 N–H and O–H groups in total. The van der Waals surface area contributed by atoms with E-state index < -0.39 is 17.8 Å². The van der Waals surface area contributed by atoms with Crippen LogP contribution < -0.4 is 5.32 Å². The van der Waals surface area contributed by atoms with Crippen LogP contribution in [0.25, 0.3) is 32.7 Å². The van der Waals surface area contributed by atoms with Gasteiger partial charge in [0.05, 0.1) is 36.3 Å². The van der Waals surface area contributed by atoms with Crippen LogP contribution >= 0.6 is 11.3 Å². The van der Waals surface area contributed by atoms with Crippen LogP contribution in [0.4, 0.5) is 18.9 Å². The van der Waals surface area contributed by atoms with Crippen molar-refractivity contribution >= 4 is 33.8 Å². The molecule has 9 nitrogen and oxygen atoms in total. The SMILES string of the molecule is O=C(Nc1cc2[nH]ncc2cc1-c1cccc(CN2CCOCC2)c1)c1csc(-c2cc(C(F)(F)F)n[nH]2)n1. The fourth-order valence-electron chi connectivity index (χ4n) is 4.45. The molecule has 0 saturated carbocycles. The molecule has 1 aliphatic rings. The third-order valence-corrected chi connectivity index (χ3v) is 7.29. The number of aromatic amines is 2. The monoisotopic (exact) mass is 553 g/mol. The molecule has 13 heteroatoms. The lowest BCUT2D eigenvalue weighted by Crippen LogP contribution is -2.35. The number of aromatic nitrogens is 5. The van der Waals surface area contributed by atoms with E-state index >= 15 is 0 Å². The summed E-state index contributed by atoms with van der Waals surface area (Å²) in [7, 11) is 0. The highest BCUT2D eigenvalue weighted by molar-refractivity contribution is 7.13. The minimum atomic E-state index is -4.58. The molecular formula is C26H22F3N7O2S. The molecule has 2 aromatic carbocycles. The molecule has 1 fully saturated rings. The third-order valence-electron chi connectivity index (χ3n) is 6.41. The Kier molecular flexibility index (Phi) is 6.62. The van der Waals surface area contributed by atoms with Gasteiger partial charge in [-0.3, -0.25) is 19.9 Å². The lowest BCUT2D eigenvalue weighted by molar-refractivity contribution is -0.141. The average molecular weight is 554 g/mol. The van der Waals surface area contributed by atoms with Gasteiger partial charge < -0.3 is 10.1 Å². The summed E-state index contributed by atoms with van der Waals surface area (Å²) in [5, 5.41) is 18.2. The van der Waals surface area contributed by atoms with Crippen LogP contribution in [-0.4, -0.2) is 62.5 Å². The molecular weight excluding hydrogens is 531 g/mol. The maximum Gasteiger partial charge on any atom is 0.435 e. The van der Waals surface area contributed by atoms with Crippen molar-refractivity contribution in [3.05, 3.63) is 71.0 Å². The lowest BCUT2D eigenvalue weighted by Gasteiger charge is -2.26. The number of benzene rings is 2. The third kappa shape index (κ3) is 5.41. The summed E-state index contributed by atoms with van der Waals surface area (Å²) in [6.45, 7) is 3.97. The largest absolute Gasteiger partial charge is 0.435 e. The standard InChI is InChI=1S/C26H22F3N7O2S/c27-26(28,29)23-11-21(34-35-23)25-32-22(14-39-25)24(37)31-20-10-19-17(12-30-33-19)9-18(20)16-3-1-2-15(8-16)13-36-4-6-38-7-5-36/h1-3,8-12,14H,4-7,13H2,(H,30,33)(H,31,37)(H,34,35). The van der Waals surface area contributed by atoms with Crippen molar-refractivity contribution in [2.24, 2.45) is 0 Å². The van der Waals surface area contributed by atoms with Crippen molar-refractivity contribution in [2.45, 2.75) is 12.7 Å². The van der Waals surface area contributed by atoms with E-state index in [0.29, 0.717) is 5.69 Å². The Morgan fingerprint density at radius 2 is 1.97 bits per heavy atom. The number of ether oxygens (including phenoxy) is 1. The van der Waals surface area contributed by atoms with Crippen molar-refractivity contribution in [3.63, 3.8) is 0 Å². The van der Waals surface area contributed by atoms with E-state index in [4.69, 9.17) is 4.74 Å². The topological polar surface area (TPSA) is 112 Å². The van der Waals surface area contributed by atoms with E-state index in [-0.39, 0.29) is 16.4 Å². The summed E-state index contributed by atoms with van der Waals surface area (Å²) in [4.78, 5) is 19.8. The van der Waals surface area contributed by atoms with E-state index in [2.05, 4.69) is 47.7 Å². The number of carbonyl (C=O) groups is 1. The first kappa shape index (κ1) is 25.2. The Hall–Kier alpha value is -4.07. The van der Waals surface area contributed by atoms with Crippen molar-refractivity contribution in [1.82, 2.24) is 30.3 Å². The first-order valence-corrected chi connectivity index (χ1v) is 13.0. The van der Waals surface area contributed by atoms with Gasteiger partial charge in [0.25, 0.3) is 5.91 Å². The number of anilines is 1. The quantitative estimate of drug-likeness (QED) is 0.267. The average Bonchev–Trinajstić information content (AvgIpc) is 3.69. The summed E-state index contributed by atoms with van der Waals surface area (Å²) in [6.07, 6.45) is -2.86. The predicted octanol–water partition coefficient (Wildman–Crippen LogP) is 5.18. The van der Waals surface area contributed by atoms with Crippen LogP contribution in [0.2, 0.25) is 0 Å². The number of nitrogens with one attached hydrogen (secondary N) is 3. The van der Waals surface area contributed by atoms with Gasteiger partial charge in [0.15, 0.2) is 5.69 Å². The molecule has 0 bridgehead atoms. The Bertz CT molecular complexity index is 1640. The fraction of sp³-hybridized carbons (Fsp3) is 0.231. The van der Waals surface area contributed by atoms with Crippen LogP contribution in [-0.2, 0) is 17.5 Å². The highest BCUT2D eigenvalue weighted by atomic mass is 32.1. The predicted molar refractivity (Wildman–Crippen MR) is 140 cm³/mol. The van der Waals surface area contributed by atoms with Gasteiger partial charge in [0.1, 0.15) is 10.7 Å². The zero-order valence-corrected chi connectivity index (χ0v) is 21.2. The summed E-state index contributed by atoms with van der Waals surface area (Å²) in [5.41, 5.74) is 3.28. The van der Waals surface area contributed by atoms with E-state index in [1.165, 1.54) is 5.38 Å². The van der Waals surface area contributed by atoms with Crippen molar-refractivity contribution < 1.29 is 22.7 Å². The molecule has 1 amide bonds. The van der Waals surface area contributed by atoms with Crippen molar-refractivity contribution in [2.75, 3.05) is 31.6 Å². The molecule has 4 heterocycles. The van der Waals surface area contributed by atoms with Gasteiger partial charge in [0, 0.05) is 36.0 Å². The second-order valence-electron chi connectivity index (χ2n) is 9.10. The summed E-state index contributed by atoms with van der Waals surface area (Å²) >= 11 is 1.05. The first-order valence-electron chi connectivity index (χ1n) is 12.1. The van der Waals surface area contributed by atoms with Crippen LogP contribution in [0.1, 0.15) is 21.7 Å². The van der Waals surface area contributed by atoms with Gasteiger partial charge in [-0.2, -0.15) is 23.4 Å². The normalized spacial score (nSPS) is 14.6. The molecule has 0 unspecified atom stereocenters. The van der Waals surface area contributed by atoms with E-state index in [0.717, 1.165) is 77.8 Å². The molecule has 1 aliphatic heterocycles. The molecule has 200 valence electrons. The van der Waals surface area contributed by atoms with Gasteiger partial charge in [-0.05, 0) is 35.4 Å². The summed E-state index contributed by atoms with van der Waals surface area (Å²) in [5.74, 6) is -0.488. The van der Waals surface area contributed by atoms with E-state index in [1.54, 1.807) is 6.20 Å². The maximum absolute atomic E-state index is 13.2. The minimum Gasteiger partial charge on any atom is -0.379 e. The highest BCUT2D eigenvalue weighted by Crippen LogP contribution is 2.34. The van der Waals surface area contributed by atoms with Crippen molar-refractivity contribution in [3.8, 4) is 21.8 Å². The number of halogens is 3. The van der Waals surface area contributed by atoms with Gasteiger partial charge >= 0.3 is 6.18 Å². The number of H-pyrrole nitrogens is 2. The van der Waals surface area contributed by atoms with Gasteiger partial charge in [-0.15, -0.1) is 11.3 Å². The van der Waals surface area contributed by atoms with Crippen LogP contribution in [0.3, 0.4) is 0 Å². The number of hydrogen-bond acceptors (Lipinski definition) is 7. The first-order chi connectivity index (χ1) is 18.8. The Morgan fingerprint density at radius 3 is 2.77 bits per heavy atom. The molecule has 39 heavy (non-hydrogen) atoms. The lowest BCUT2D eigenvalue weighted by atomic mass is 9.99. The van der Waals surface area contributed by atoms with Gasteiger partial charge in [-0.25, -0.2) is 4.98 Å². The Morgan fingerprint density at radius 1 is 1.13 bits per heavy atom. The number of amides is 1. The second kappa shape index (κ2) is 10.2. The molecule has 0 atom stereocenters. The molecule has 5 aromatic rings. The number of rotatable bonds is 6. The highest BCUT2D eigenvalue weighted by Gasteiger charge is 2.34. The number of thiazole rings is 1. The number of hydrogen-bond donors (Lipinski definition) is 3. The van der Waals surface area contributed by atoms with Gasteiger partial charge in [0.2, 0.25) is 0 Å². The number of alkyl halides is 3. The minimum absolute atomic E-state index is 0.0786. The Labute approximate surface area is 224 Å². The zero-order chi connectivity index (χ0) is 27.0. The molecule has 0 radical (unpaired) electrons. The van der Waals surface area contributed by atoms with Gasteiger partial charge in [-0.1, -0.05) is 18.2 Å². The van der Waals surface area contributed by atoms with Crippen molar-refractivity contribution in [1.29, 1.82) is 0 Å². The summed E-state index contributed by atoms with van der Waals surface area (Å²) in [6, 6.07) is 12.8. The molecule has 1 saturated heterocycles. The maximum atomic E-state index is 13.2. The number of carbonyl (C=O) groups excluding carboxylic acids is 1. The molecule has 0 spiro atoms. The van der Waals surface area contributed by atoms with Crippen LogP contribution in [0.15, 0.2) is 54.0 Å².